The van der Waals surface area contributed by atoms with Gasteiger partial charge < -0.3 is 9.84 Å². The molecule has 2 aromatic heterocycles. The van der Waals surface area contributed by atoms with Gasteiger partial charge in [-0.25, -0.2) is 9.36 Å². The number of imidazole rings is 1. The summed E-state index contributed by atoms with van der Waals surface area (Å²) in [5.74, 6) is 0.597. The standard InChI is InChI=1S/C19H17N3O3/c1-2-11-25-14-9-7-13(8-10-14)21-18(23)17-12-20-15-5-3-4-6-16(15)22(17)19(21)24/h3-10,12,23H,2,11H2,1H3. The third kappa shape index (κ3) is 2.42. The van der Waals surface area contributed by atoms with Gasteiger partial charge in [-0.15, -0.1) is 0 Å². The van der Waals surface area contributed by atoms with Crippen molar-refractivity contribution in [2.45, 2.75) is 13.3 Å². The molecule has 4 aromatic rings. The predicted octanol–water partition coefficient (Wildman–Crippen LogP) is 3.13. The van der Waals surface area contributed by atoms with E-state index in [0.29, 0.717) is 28.8 Å². The van der Waals surface area contributed by atoms with Crippen LogP contribution in [0.1, 0.15) is 13.3 Å². The molecule has 0 bridgehead atoms. The van der Waals surface area contributed by atoms with Crippen molar-refractivity contribution in [1.29, 1.82) is 0 Å². The lowest BCUT2D eigenvalue weighted by Crippen LogP contribution is -2.19. The van der Waals surface area contributed by atoms with Crippen molar-refractivity contribution >= 4 is 16.6 Å². The lowest BCUT2D eigenvalue weighted by Gasteiger charge is -2.06. The molecule has 0 saturated carbocycles. The molecule has 25 heavy (non-hydrogen) atoms. The number of hydrogen-bond acceptors (Lipinski definition) is 4. The topological polar surface area (TPSA) is 68.8 Å². The van der Waals surface area contributed by atoms with Gasteiger partial charge in [0.25, 0.3) is 0 Å². The third-order valence-electron chi connectivity index (χ3n) is 4.08. The zero-order valence-electron chi connectivity index (χ0n) is 13.7. The predicted molar refractivity (Wildman–Crippen MR) is 95.7 cm³/mol. The Morgan fingerprint density at radius 2 is 1.84 bits per heavy atom. The third-order valence-corrected chi connectivity index (χ3v) is 4.08. The molecule has 0 saturated heterocycles. The van der Waals surface area contributed by atoms with E-state index in [1.54, 1.807) is 24.3 Å². The lowest BCUT2D eigenvalue weighted by molar-refractivity contribution is 0.317. The van der Waals surface area contributed by atoms with Gasteiger partial charge in [0.15, 0.2) is 0 Å². The quantitative estimate of drug-likeness (QED) is 0.622. The summed E-state index contributed by atoms with van der Waals surface area (Å²) in [6.45, 7) is 2.68. The van der Waals surface area contributed by atoms with E-state index in [4.69, 9.17) is 4.74 Å². The first-order chi connectivity index (χ1) is 12.2. The minimum absolute atomic E-state index is 0.134. The zero-order chi connectivity index (χ0) is 17.4. The molecular formula is C19H17N3O3. The minimum atomic E-state index is -0.340. The van der Waals surface area contributed by atoms with E-state index < -0.39 is 0 Å². The van der Waals surface area contributed by atoms with Crippen molar-refractivity contribution in [2.75, 3.05) is 6.61 Å². The Bertz CT molecular complexity index is 1110. The second-order valence-electron chi connectivity index (χ2n) is 5.75. The van der Waals surface area contributed by atoms with E-state index in [1.807, 2.05) is 31.2 Å². The van der Waals surface area contributed by atoms with Crippen LogP contribution in [0.3, 0.4) is 0 Å². The van der Waals surface area contributed by atoms with Crippen LogP contribution in [0.15, 0.2) is 59.5 Å². The molecule has 0 spiro atoms. The molecule has 6 nitrogen and oxygen atoms in total. The van der Waals surface area contributed by atoms with E-state index in [2.05, 4.69) is 4.98 Å². The molecule has 0 fully saturated rings. The van der Waals surface area contributed by atoms with Gasteiger partial charge in [-0.1, -0.05) is 19.1 Å². The number of aromatic nitrogens is 3. The van der Waals surface area contributed by atoms with E-state index in [1.165, 1.54) is 15.2 Å². The van der Waals surface area contributed by atoms with Gasteiger partial charge in [-0.05, 0) is 42.8 Å². The van der Waals surface area contributed by atoms with Crippen LogP contribution in [0.2, 0.25) is 0 Å². The number of para-hydroxylation sites is 2. The van der Waals surface area contributed by atoms with Crippen molar-refractivity contribution in [3.05, 3.63) is 65.2 Å². The fraction of sp³-hybridized carbons (Fsp3) is 0.158. The summed E-state index contributed by atoms with van der Waals surface area (Å²) in [7, 11) is 0. The van der Waals surface area contributed by atoms with Crippen LogP contribution >= 0.6 is 0 Å². The van der Waals surface area contributed by atoms with Gasteiger partial charge in [0.1, 0.15) is 11.3 Å². The molecule has 0 aliphatic heterocycles. The first-order valence-corrected chi connectivity index (χ1v) is 8.14. The highest BCUT2D eigenvalue weighted by atomic mass is 16.5. The Balaban J connectivity index is 1.90. The van der Waals surface area contributed by atoms with Crippen molar-refractivity contribution in [2.24, 2.45) is 0 Å². The maximum absolute atomic E-state index is 12.9. The maximum Gasteiger partial charge on any atom is 0.340 e. The summed E-state index contributed by atoms with van der Waals surface area (Å²) in [6, 6.07) is 14.4. The Morgan fingerprint density at radius 1 is 1.08 bits per heavy atom. The van der Waals surface area contributed by atoms with Crippen molar-refractivity contribution in [1.82, 2.24) is 14.0 Å². The number of ether oxygens (including phenoxy) is 1. The number of aromatic hydroxyl groups is 1. The fourth-order valence-electron chi connectivity index (χ4n) is 2.89. The Labute approximate surface area is 143 Å². The van der Waals surface area contributed by atoms with Gasteiger partial charge in [0, 0.05) is 0 Å². The van der Waals surface area contributed by atoms with E-state index in [9.17, 15) is 9.90 Å². The van der Waals surface area contributed by atoms with Crippen LogP contribution in [0, 0.1) is 0 Å². The Kier molecular flexibility index (Phi) is 3.65. The average molecular weight is 335 g/mol. The summed E-state index contributed by atoms with van der Waals surface area (Å²) in [4.78, 5) is 17.2. The molecule has 0 radical (unpaired) electrons. The molecule has 0 atom stereocenters. The van der Waals surface area contributed by atoms with Crippen molar-refractivity contribution in [3.8, 4) is 17.3 Å². The first kappa shape index (κ1) is 15.3. The Morgan fingerprint density at radius 3 is 2.60 bits per heavy atom. The highest BCUT2D eigenvalue weighted by Crippen LogP contribution is 2.25. The molecule has 2 heterocycles. The van der Waals surface area contributed by atoms with E-state index >= 15 is 0 Å². The van der Waals surface area contributed by atoms with Crippen LogP contribution in [0.4, 0.5) is 0 Å². The molecule has 1 N–H and O–H groups in total. The molecule has 0 aliphatic carbocycles. The monoisotopic (exact) mass is 335 g/mol. The van der Waals surface area contributed by atoms with Crippen LogP contribution in [0.5, 0.6) is 11.6 Å². The molecule has 4 rings (SSSR count). The van der Waals surface area contributed by atoms with Crippen LogP contribution in [-0.4, -0.2) is 25.7 Å². The molecule has 0 unspecified atom stereocenters. The van der Waals surface area contributed by atoms with Crippen molar-refractivity contribution < 1.29 is 9.84 Å². The lowest BCUT2D eigenvalue weighted by atomic mass is 10.3. The second kappa shape index (κ2) is 5.98. The Hall–Kier alpha value is -3.28. The zero-order valence-corrected chi connectivity index (χ0v) is 13.7. The first-order valence-electron chi connectivity index (χ1n) is 8.14. The average Bonchev–Trinajstić information content (AvgIpc) is 2.91. The smallest absolute Gasteiger partial charge is 0.340 e. The number of benzene rings is 2. The minimum Gasteiger partial charge on any atom is -0.494 e. The van der Waals surface area contributed by atoms with Gasteiger partial charge in [-0.2, -0.15) is 0 Å². The van der Waals surface area contributed by atoms with E-state index in [0.717, 1.165) is 12.2 Å². The van der Waals surface area contributed by atoms with Gasteiger partial charge in [-0.3, -0.25) is 9.38 Å². The molecule has 6 heteroatoms. The maximum atomic E-state index is 12.9. The van der Waals surface area contributed by atoms with Crippen LogP contribution < -0.4 is 10.4 Å². The SMILES string of the molecule is CCCOc1ccc(-n2c(O)c3cnc4ccccc4n3c2=O)cc1. The second-order valence-corrected chi connectivity index (χ2v) is 5.75. The number of hydrogen-bond donors (Lipinski definition) is 1. The van der Waals surface area contributed by atoms with Gasteiger partial charge in [0.2, 0.25) is 5.88 Å². The fourth-order valence-corrected chi connectivity index (χ4v) is 2.89. The van der Waals surface area contributed by atoms with Crippen LogP contribution in [-0.2, 0) is 0 Å². The highest BCUT2D eigenvalue weighted by Gasteiger charge is 2.17. The summed E-state index contributed by atoms with van der Waals surface area (Å²) in [6.07, 6.45) is 2.43. The van der Waals surface area contributed by atoms with E-state index in [-0.39, 0.29) is 11.6 Å². The normalized spacial score (nSPS) is 11.2. The van der Waals surface area contributed by atoms with Gasteiger partial charge >= 0.3 is 5.69 Å². The summed E-state index contributed by atoms with van der Waals surface area (Å²) in [5.41, 5.74) is 1.95. The largest absolute Gasteiger partial charge is 0.494 e. The molecule has 0 aliphatic rings. The summed E-state index contributed by atoms with van der Waals surface area (Å²) >= 11 is 0. The number of rotatable bonds is 4. The molecule has 2 aromatic carbocycles. The molecule has 0 amide bonds. The molecule has 126 valence electrons. The summed E-state index contributed by atoms with van der Waals surface area (Å²) in [5, 5.41) is 10.6. The summed E-state index contributed by atoms with van der Waals surface area (Å²) < 4.78 is 8.30. The van der Waals surface area contributed by atoms with Gasteiger partial charge in [0.05, 0.1) is 29.5 Å². The molecular weight excluding hydrogens is 318 g/mol. The number of fused-ring (bicyclic) bond motifs is 3. The van der Waals surface area contributed by atoms with Crippen LogP contribution in [0.25, 0.3) is 22.2 Å². The number of nitrogens with zero attached hydrogens (tertiary/aromatic N) is 3. The highest BCUT2D eigenvalue weighted by molar-refractivity contribution is 5.79. The van der Waals surface area contributed by atoms with Crippen molar-refractivity contribution in [3.63, 3.8) is 0 Å².